The topological polar surface area (TPSA) is 67.6 Å². The van der Waals surface area contributed by atoms with E-state index in [9.17, 15) is 9.18 Å². The molecule has 0 spiro atoms. The molecule has 2 aromatic rings. The highest BCUT2D eigenvalue weighted by molar-refractivity contribution is 6.33. The lowest BCUT2D eigenvalue weighted by atomic mass is 10.0. The summed E-state index contributed by atoms with van der Waals surface area (Å²) in [7, 11) is 0. The molecule has 1 amide bonds. The number of hydrogen-bond donors (Lipinski definition) is 1. The standard InChI is InChI=1S/C20H25ClFN3O3/c1-12(2)16(25-7-9-27-10-8-25)11-23-20(26)17-13(3)28-24-19(17)18-14(21)5-4-6-15(18)22/h4-6,12,16H,7-11H2,1-3H3,(H,23,26). The zero-order valence-electron chi connectivity index (χ0n) is 16.3. The van der Waals surface area contributed by atoms with E-state index in [1.54, 1.807) is 13.0 Å². The second kappa shape index (κ2) is 9.03. The molecule has 1 saturated heterocycles. The van der Waals surface area contributed by atoms with Gasteiger partial charge in [-0.1, -0.05) is 36.7 Å². The Morgan fingerprint density at radius 3 is 2.71 bits per heavy atom. The van der Waals surface area contributed by atoms with Crippen molar-refractivity contribution in [3.8, 4) is 11.3 Å². The number of ether oxygens (including phenoxy) is 1. The van der Waals surface area contributed by atoms with Gasteiger partial charge in [0.25, 0.3) is 5.91 Å². The summed E-state index contributed by atoms with van der Waals surface area (Å²) in [5.41, 5.74) is 0.391. The lowest BCUT2D eigenvalue weighted by Crippen LogP contribution is -2.51. The van der Waals surface area contributed by atoms with E-state index in [-0.39, 0.29) is 33.8 Å². The minimum Gasteiger partial charge on any atom is -0.379 e. The van der Waals surface area contributed by atoms with Crippen LogP contribution in [0.5, 0.6) is 0 Å². The summed E-state index contributed by atoms with van der Waals surface area (Å²) in [4.78, 5) is 15.3. The van der Waals surface area contributed by atoms with Gasteiger partial charge >= 0.3 is 0 Å². The van der Waals surface area contributed by atoms with Crippen molar-refractivity contribution in [1.82, 2.24) is 15.4 Å². The zero-order valence-corrected chi connectivity index (χ0v) is 17.1. The largest absolute Gasteiger partial charge is 0.379 e. The summed E-state index contributed by atoms with van der Waals surface area (Å²) >= 11 is 6.15. The van der Waals surface area contributed by atoms with Crippen molar-refractivity contribution in [3.05, 3.63) is 40.4 Å². The van der Waals surface area contributed by atoms with Gasteiger partial charge in [0.2, 0.25) is 0 Å². The minimum atomic E-state index is -0.553. The van der Waals surface area contributed by atoms with Crippen molar-refractivity contribution in [1.29, 1.82) is 0 Å². The predicted molar refractivity (Wildman–Crippen MR) is 105 cm³/mol. The molecule has 1 fully saturated rings. The van der Waals surface area contributed by atoms with E-state index in [0.29, 0.717) is 31.4 Å². The molecule has 1 aromatic carbocycles. The van der Waals surface area contributed by atoms with Crippen LogP contribution >= 0.6 is 11.6 Å². The summed E-state index contributed by atoms with van der Waals surface area (Å²) in [6, 6.07) is 4.51. The molecule has 1 unspecified atom stereocenters. The van der Waals surface area contributed by atoms with Crippen LogP contribution in [-0.2, 0) is 4.74 Å². The van der Waals surface area contributed by atoms with Crippen molar-refractivity contribution in [2.45, 2.75) is 26.8 Å². The monoisotopic (exact) mass is 409 g/mol. The first-order valence-electron chi connectivity index (χ1n) is 9.40. The van der Waals surface area contributed by atoms with E-state index in [1.807, 2.05) is 0 Å². The number of aromatic nitrogens is 1. The summed E-state index contributed by atoms with van der Waals surface area (Å²) in [6.07, 6.45) is 0. The molecule has 6 nitrogen and oxygen atoms in total. The first kappa shape index (κ1) is 20.8. The van der Waals surface area contributed by atoms with Gasteiger partial charge in [-0.3, -0.25) is 9.69 Å². The molecule has 28 heavy (non-hydrogen) atoms. The average molecular weight is 410 g/mol. The number of benzene rings is 1. The number of morpholine rings is 1. The molecule has 1 N–H and O–H groups in total. The fourth-order valence-corrected chi connectivity index (χ4v) is 3.77. The highest BCUT2D eigenvalue weighted by Crippen LogP contribution is 2.33. The fraction of sp³-hybridized carbons (Fsp3) is 0.500. The Bertz CT molecular complexity index is 814. The maximum Gasteiger partial charge on any atom is 0.257 e. The lowest BCUT2D eigenvalue weighted by molar-refractivity contribution is 0.00672. The second-order valence-corrected chi connectivity index (χ2v) is 7.64. The third-order valence-corrected chi connectivity index (χ3v) is 5.36. The van der Waals surface area contributed by atoms with Crippen molar-refractivity contribution in [2.75, 3.05) is 32.8 Å². The maximum atomic E-state index is 14.3. The number of rotatable bonds is 6. The Labute approximate surface area is 169 Å². The van der Waals surface area contributed by atoms with Crippen LogP contribution in [0.3, 0.4) is 0 Å². The molecule has 0 bridgehead atoms. The highest BCUT2D eigenvalue weighted by Gasteiger charge is 2.28. The van der Waals surface area contributed by atoms with Crippen molar-refractivity contribution in [2.24, 2.45) is 5.92 Å². The lowest BCUT2D eigenvalue weighted by Gasteiger charge is -2.36. The van der Waals surface area contributed by atoms with Gasteiger partial charge in [0.1, 0.15) is 22.8 Å². The van der Waals surface area contributed by atoms with Crippen molar-refractivity contribution < 1.29 is 18.4 Å². The van der Waals surface area contributed by atoms with Gasteiger partial charge in [-0.15, -0.1) is 0 Å². The van der Waals surface area contributed by atoms with Crippen LogP contribution in [0.2, 0.25) is 5.02 Å². The van der Waals surface area contributed by atoms with E-state index in [1.165, 1.54) is 12.1 Å². The van der Waals surface area contributed by atoms with Crippen LogP contribution in [0.4, 0.5) is 4.39 Å². The molecule has 8 heteroatoms. The molecule has 0 aliphatic carbocycles. The Balaban J connectivity index is 1.80. The first-order chi connectivity index (χ1) is 13.4. The Morgan fingerprint density at radius 1 is 1.36 bits per heavy atom. The van der Waals surface area contributed by atoms with E-state index in [2.05, 4.69) is 29.2 Å². The normalized spacial score (nSPS) is 16.4. The smallest absolute Gasteiger partial charge is 0.257 e. The number of aryl methyl sites for hydroxylation is 1. The molecule has 2 heterocycles. The van der Waals surface area contributed by atoms with Crippen molar-refractivity contribution in [3.63, 3.8) is 0 Å². The maximum absolute atomic E-state index is 14.3. The number of nitrogens with zero attached hydrogens (tertiary/aromatic N) is 2. The van der Waals surface area contributed by atoms with Crippen LogP contribution in [0, 0.1) is 18.7 Å². The van der Waals surface area contributed by atoms with Crippen LogP contribution in [0.15, 0.2) is 22.7 Å². The third-order valence-electron chi connectivity index (χ3n) is 5.05. The minimum absolute atomic E-state index is 0.0692. The number of nitrogens with one attached hydrogen (secondary N) is 1. The Kier molecular flexibility index (Phi) is 6.69. The molecule has 1 aliphatic rings. The summed E-state index contributed by atoms with van der Waals surface area (Å²) in [6.45, 7) is 9.40. The summed E-state index contributed by atoms with van der Waals surface area (Å²) in [5.74, 6) is -0.239. The van der Waals surface area contributed by atoms with Gasteiger partial charge in [-0.2, -0.15) is 0 Å². The number of carbonyl (C=O) groups is 1. The van der Waals surface area contributed by atoms with Crippen LogP contribution in [0.25, 0.3) is 11.3 Å². The van der Waals surface area contributed by atoms with Gasteiger partial charge in [0.15, 0.2) is 0 Å². The predicted octanol–water partition coefficient (Wildman–Crippen LogP) is 3.53. The first-order valence-corrected chi connectivity index (χ1v) is 9.78. The number of carbonyl (C=O) groups excluding carboxylic acids is 1. The van der Waals surface area contributed by atoms with Gasteiger partial charge in [0.05, 0.1) is 23.8 Å². The zero-order chi connectivity index (χ0) is 20.3. The molecule has 1 atom stereocenters. The van der Waals surface area contributed by atoms with E-state index < -0.39 is 5.82 Å². The fourth-order valence-electron chi connectivity index (χ4n) is 3.52. The second-order valence-electron chi connectivity index (χ2n) is 7.23. The number of hydrogen-bond acceptors (Lipinski definition) is 5. The van der Waals surface area contributed by atoms with Crippen molar-refractivity contribution >= 4 is 17.5 Å². The molecule has 152 valence electrons. The van der Waals surface area contributed by atoms with Gasteiger partial charge < -0.3 is 14.6 Å². The molecule has 1 aliphatic heterocycles. The average Bonchev–Trinajstić information content (AvgIpc) is 3.03. The molecular weight excluding hydrogens is 385 g/mol. The van der Waals surface area contributed by atoms with E-state index in [4.69, 9.17) is 20.9 Å². The summed E-state index contributed by atoms with van der Waals surface area (Å²) in [5, 5.41) is 7.04. The quantitative estimate of drug-likeness (QED) is 0.790. The van der Waals surface area contributed by atoms with E-state index in [0.717, 1.165) is 13.1 Å². The van der Waals surface area contributed by atoms with Gasteiger partial charge in [0, 0.05) is 25.7 Å². The third kappa shape index (κ3) is 4.37. The van der Waals surface area contributed by atoms with Crippen LogP contribution < -0.4 is 5.32 Å². The van der Waals surface area contributed by atoms with Gasteiger partial charge in [-0.05, 0) is 25.0 Å². The molecule has 1 aromatic heterocycles. The number of amides is 1. The molecular formula is C20H25ClFN3O3. The Morgan fingerprint density at radius 2 is 2.07 bits per heavy atom. The SMILES string of the molecule is Cc1onc(-c2c(F)cccc2Cl)c1C(=O)NCC(C(C)C)N1CCOCC1. The molecule has 0 saturated carbocycles. The van der Waals surface area contributed by atoms with Crippen LogP contribution in [-0.4, -0.2) is 54.9 Å². The molecule has 3 rings (SSSR count). The Hall–Kier alpha value is -1.96. The van der Waals surface area contributed by atoms with Crippen LogP contribution in [0.1, 0.15) is 30.0 Å². The highest BCUT2D eigenvalue weighted by atomic mass is 35.5. The van der Waals surface area contributed by atoms with Gasteiger partial charge in [-0.25, -0.2) is 4.39 Å². The van der Waals surface area contributed by atoms with E-state index >= 15 is 0 Å². The number of halogens is 2. The summed E-state index contributed by atoms with van der Waals surface area (Å²) < 4.78 is 24.9. The molecule has 0 radical (unpaired) electrons.